The summed E-state index contributed by atoms with van der Waals surface area (Å²) in [5.41, 5.74) is 1.68. The first-order valence-corrected chi connectivity index (χ1v) is 12.1. The van der Waals surface area contributed by atoms with Gasteiger partial charge in [0.05, 0.1) is 23.0 Å². The highest BCUT2D eigenvalue weighted by molar-refractivity contribution is 7.88. The lowest BCUT2D eigenvalue weighted by Gasteiger charge is -2.35. The van der Waals surface area contributed by atoms with Gasteiger partial charge in [-0.25, -0.2) is 13.4 Å². The van der Waals surface area contributed by atoms with E-state index in [1.807, 2.05) is 36.4 Å². The van der Waals surface area contributed by atoms with E-state index in [0.717, 1.165) is 28.6 Å². The van der Waals surface area contributed by atoms with E-state index in [4.69, 9.17) is 0 Å². The zero-order valence-electron chi connectivity index (χ0n) is 16.1. The summed E-state index contributed by atoms with van der Waals surface area (Å²) >= 11 is 1.43. The number of thiazole rings is 1. The Bertz CT molecular complexity index is 1080. The molecule has 7 nitrogen and oxygen atoms in total. The summed E-state index contributed by atoms with van der Waals surface area (Å²) in [6.07, 6.45) is 6.66. The van der Waals surface area contributed by atoms with Gasteiger partial charge in [0.2, 0.25) is 15.9 Å². The van der Waals surface area contributed by atoms with Gasteiger partial charge in [0, 0.05) is 18.9 Å². The summed E-state index contributed by atoms with van der Waals surface area (Å²) in [6, 6.07) is 10.7. The summed E-state index contributed by atoms with van der Waals surface area (Å²) in [5.74, 6) is -0.238. The molecule has 3 aromatic rings. The number of aromatic nitrogens is 2. The van der Waals surface area contributed by atoms with Crippen LogP contribution < -0.4 is 4.90 Å². The molecule has 0 spiro atoms. The molecular weight excluding hydrogens is 408 g/mol. The van der Waals surface area contributed by atoms with Gasteiger partial charge >= 0.3 is 0 Å². The Hall–Kier alpha value is -2.36. The topological polar surface area (TPSA) is 83.5 Å². The monoisotopic (exact) mass is 430 g/mol. The number of anilines is 1. The Morgan fingerprint density at radius 2 is 2.07 bits per heavy atom. The third kappa shape index (κ3) is 4.31. The molecule has 3 heterocycles. The zero-order chi connectivity index (χ0) is 20.4. The molecule has 0 aliphatic carbocycles. The number of rotatable bonds is 5. The molecule has 0 N–H and O–H groups in total. The third-order valence-corrected chi connectivity index (χ3v) is 7.36. The van der Waals surface area contributed by atoms with Crippen LogP contribution in [0.3, 0.4) is 0 Å². The molecule has 1 unspecified atom stereocenters. The molecule has 4 rings (SSSR count). The number of benzene rings is 1. The van der Waals surface area contributed by atoms with Gasteiger partial charge in [0.25, 0.3) is 0 Å². The molecule has 1 saturated heterocycles. The van der Waals surface area contributed by atoms with Gasteiger partial charge in [-0.15, -0.1) is 0 Å². The highest BCUT2D eigenvalue weighted by atomic mass is 32.2. The van der Waals surface area contributed by atoms with Gasteiger partial charge in [-0.3, -0.25) is 14.7 Å². The first kappa shape index (κ1) is 19.9. The van der Waals surface area contributed by atoms with Crippen LogP contribution in [0.2, 0.25) is 0 Å². The van der Waals surface area contributed by atoms with Gasteiger partial charge in [-0.05, 0) is 36.6 Å². The van der Waals surface area contributed by atoms with Crippen molar-refractivity contribution in [1.29, 1.82) is 0 Å². The number of pyridine rings is 1. The van der Waals surface area contributed by atoms with Crippen molar-refractivity contribution < 1.29 is 13.2 Å². The van der Waals surface area contributed by atoms with Crippen molar-refractivity contribution in [2.24, 2.45) is 0 Å². The third-order valence-electron chi connectivity index (χ3n) is 5.01. The van der Waals surface area contributed by atoms with Crippen molar-refractivity contribution in [3.63, 3.8) is 0 Å². The summed E-state index contributed by atoms with van der Waals surface area (Å²) in [5, 5.41) is 0.569. The molecule has 0 bridgehead atoms. The molecule has 1 aliphatic heterocycles. The number of hydrogen-bond acceptors (Lipinski definition) is 6. The maximum atomic E-state index is 13.6. The highest BCUT2D eigenvalue weighted by Crippen LogP contribution is 2.32. The predicted octanol–water partition coefficient (Wildman–Crippen LogP) is 3.04. The number of carbonyl (C=O) groups excluding carboxylic acids is 1. The average Bonchev–Trinajstić information content (AvgIpc) is 3.15. The van der Waals surface area contributed by atoms with Crippen molar-refractivity contribution in [3.8, 4) is 0 Å². The van der Waals surface area contributed by atoms with E-state index in [2.05, 4.69) is 9.97 Å². The van der Waals surface area contributed by atoms with E-state index >= 15 is 0 Å². The molecule has 0 radical (unpaired) electrons. The molecule has 9 heteroatoms. The number of carbonyl (C=O) groups is 1. The van der Waals surface area contributed by atoms with Crippen LogP contribution >= 0.6 is 11.3 Å². The van der Waals surface area contributed by atoms with E-state index in [0.29, 0.717) is 24.6 Å². The normalized spacial score (nSPS) is 18.0. The highest BCUT2D eigenvalue weighted by Gasteiger charge is 2.38. The first-order chi connectivity index (χ1) is 13.9. The lowest BCUT2D eigenvalue weighted by atomic mass is 10.0. The molecule has 1 amide bonds. The van der Waals surface area contributed by atoms with Crippen LogP contribution in [0, 0.1) is 0 Å². The second-order valence-electron chi connectivity index (χ2n) is 7.14. The summed E-state index contributed by atoms with van der Waals surface area (Å²) in [7, 11) is -3.48. The zero-order valence-corrected chi connectivity index (χ0v) is 17.7. The minimum absolute atomic E-state index is 0.238. The van der Waals surface area contributed by atoms with E-state index in [-0.39, 0.29) is 5.91 Å². The van der Waals surface area contributed by atoms with Gasteiger partial charge in [0.15, 0.2) is 5.13 Å². The Labute approximate surface area is 174 Å². The molecular formula is C20H22N4O3S2. The van der Waals surface area contributed by atoms with E-state index in [9.17, 15) is 13.2 Å². The predicted molar refractivity (Wildman–Crippen MR) is 114 cm³/mol. The number of sulfonamides is 1. The maximum absolute atomic E-state index is 13.6. The number of amides is 1. The number of nitrogens with zero attached hydrogens (tertiary/aromatic N) is 4. The van der Waals surface area contributed by atoms with Crippen molar-refractivity contribution in [2.75, 3.05) is 17.7 Å². The lowest BCUT2D eigenvalue weighted by molar-refractivity contribution is -0.123. The Morgan fingerprint density at radius 1 is 1.24 bits per heavy atom. The summed E-state index contributed by atoms with van der Waals surface area (Å²) in [6.45, 7) is 0.663. The lowest BCUT2D eigenvalue weighted by Crippen LogP contribution is -2.52. The summed E-state index contributed by atoms with van der Waals surface area (Å²) < 4.78 is 26.9. The second-order valence-corrected chi connectivity index (χ2v) is 10.1. The van der Waals surface area contributed by atoms with Crippen molar-refractivity contribution in [1.82, 2.24) is 14.3 Å². The SMILES string of the molecule is CS(=O)(=O)N1CCCCC1C(=O)N(Cc1cccnc1)c1nc2ccccc2s1. The second kappa shape index (κ2) is 8.17. The van der Waals surface area contributed by atoms with Gasteiger partial charge in [0.1, 0.15) is 6.04 Å². The largest absolute Gasteiger partial charge is 0.282 e. The number of fused-ring (bicyclic) bond motifs is 1. The number of hydrogen-bond donors (Lipinski definition) is 0. The quantitative estimate of drug-likeness (QED) is 0.621. The van der Waals surface area contributed by atoms with E-state index in [1.165, 1.54) is 21.9 Å². The van der Waals surface area contributed by atoms with Crippen molar-refractivity contribution in [3.05, 3.63) is 54.4 Å². The maximum Gasteiger partial charge on any atom is 0.247 e. The molecule has 1 aromatic carbocycles. The van der Waals surface area contributed by atoms with Crippen LogP contribution in [0.15, 0.2) is 48.8 Å². The Balaban J connectivity index is 1.73. The van der Waals surface area contributed by atoms with E-state index < -0.39 is 16.1 Å². The van der Waals surface area contributed by atoms with Crippen LogP contribution in [0.1, 0.15) is 24.8 Å². The van der Waals surface area contributed by atoms with Crippen LogP contribution in [-0.4, -0.2) is 47.4 Å². The molecule has 1 fully saturated rings. The van der Waals surface area contributed by atoms with Crippen LogP contribution in [0.5, 0.6) is 0 Å². The first-order valence-electron chi connectivity index (χ1n) is 9.46. The Morgan fingerprint density at radius 3 is 2.79 bits per heavy atom. The minimum Gasteiger partial charge on any atom is -0.282 e. The molecule has 1 aliphatic rings. The van der Waals surface area contributed by atoms with E-state index in [1.54, 1.807) is 17.3 Å². The fraction of sp³-hybridized carbons (Fsp3) is 0.350. The fourth-order valence-corrected chi connectivity index (χ4v) is 5.71. The van der Waals surface area contributed by atoms with Gasteiger partial charge < -0.3 is 0 Å². The number of para-hydroxylation sites is 1. The number of piperidine rings is 1. The van der Waals surface area contributed by atoms with Crippen LogP contribution in [0.25, 0.3) is 10.2 Å². The van der Waals surface area contributed by atoms with Crippen LogP contribution in [0.4, 0.5) is 5.13 Å². The minimum atomic E-state index is -3.48. The molecule has 1 atom stereocenters. The smallest absolute Gasteiger partial charge is 0.247 e. The molecule has 152 valence electrons. The van der Waals surface area contributed by atoms with Gasteiger partial charge in [-0.1, -0.05) is 36.0 Å². The van der Waals surface area contributed by atoms with Crippen molar-refractivity contribution in [2.45, 2.75) is 31.8 Å². The van der Waals surface area contributed by atoms with Crippen LogP contribution in [-0.2, 0) is 21.4 Å². The Kier molecular flexibility index (Phi) is 5.62. The molecule has 29 heavy (non-hydrogen) atoms. The summed E-state index contributed by atoms with van der Waals surface area (Å²) in [4.78, 5) is 24.0. The molecule has 0 saturated carbocycles. The fourth-order valence-electron chi connectivity index (χ4n) is 3.62. The molecule has 2 aromatic heterocycles. The van der Waals surface area contributed by atoms with Crippen molar-refractivity contribution >= 4 is 42.6 Å². The standard InChI is InChI=1S/C20H22N4O3S2/c1-29(26,27)24-12-5-4-9-17(24)19(25)23(14-15-7-6-11-21-13-15)20-22-16-8-2-3-10-18(16)28-20/h2-3,6-8,10-11,13,17H,4-5,9,12,14H2,1H3. The van der Waals surface area contributed by atoms with Gasteiger partial charge in [-0.2, -0.15) is 4.31 Å². The average molecular weight is 431 g/mol.